The van der Waals surface area contributed by atoms with Gasteiger partial charge in [0.05, 0.1) is 29.4 Å². The minimum Gasteiger partial charge on any atom is -0.459 e. The molecule has 4 heterocycles. The van der Waals surface area contributed by atoms with Crippen LogP contribution in [0.15, 0.2) is 28.8 Å². The second kappa shape index (κ2) is 17.9. The van der Waals surface area contributed by atoms with Crippen LogP contribution in [0.1, 0.15) is 80.4 Å². The smallest absolute Gasteiger partial charge is 0.316 e. The van der Waals surface area contributed by atoms with Gasteiger partial charge in [0.1, 0.15) is 36.2 Å². The molecule has 0 spiro atoms. The molecule has 1 aromatic heterocycles. The van der Waals surface area contributed by atoms with Crippen LogP contribution in [-0.4, -0.2) is 113 Å². The summed E-state index contributed by atoms with van der Waals surface area (Å²) < 4.78 is 58.1. The second-order valence-electron chi connectivity index (χ2n) is 16.6. The minimum atomic E-state index is -1.51. The number of aliphatic hydroxyl groups is 1. The van der Waals surface area contributed by atoms with Gasteiger partial charge < -0.3 is 44.1 Å². The Balaban J connectivity index is 1.54. The molecule has 318 valence electrons. The lowest BCUT2D eigenvalue weighted by Crippen LogP contribution is -2.62. The number of aliphatic hydroxyl groups excluding tert-OH is 1. The van der Waals surface area contributed by atoms with Crippen LogP contribution in [0, 0.1) is 47.1 Å². The summed E-state index contributed by atoms with van der Waals surface area (Å²) in [4.78, 5) is 57.4. The first kappa shape index (κ1) is 44.8. The summed E-state index contributed by atoms with van der Waals surface area (Å²) in [6.45, 7) is 13.2. The third kappa shape index (κ3) is 9.29. The number of carbonyl (C=O) groups is 4. The fourth-order valence-corrected chi connectivity index (χ4v) is 8.72. The minimum absolute atomic E-state index is 0.0148. The van der Waals surface area contributed by atoms with Gasteiger partial charge in [0, 0.05) is 35.4 Å². The van der Waals surface area contributed by atoms with E-state index in [2.05, 4.69) is 27.6 Å². The lowest BCUT2D eigenvalue weighted by Gasteiger charge is -2.47. The van der Waals surface area contributed by atoms with E-state index >= 15 is 0 Å². The molecule has 3 aliphatic heterocycles. The number of likely N-dealkylation sites (N-methyl/N-ethyl adjacent to an activating group) is 1. The van der Waals surface area contributed by atoms with Gasteiger partial charge in [-0.05, 0) is 85.2 Å². The predicted molar refractivity (Wildman–Crippen MR) is 206 cm³/mol. The molecule has 0 saturated carbocycles. The Morgan fingerprint density at radius 2 is 1.72 bits per heavy atom. The lowest BCUT2D eigenvalue weighted by molar-refractivity contribution is -0.296. The number of hydrogen-bond acceptors (Lipinski definition) is 12. The third-order valence-corrected chi connectivity index (χ3v) is 12.0. The zero-order chi connectivity index (χ0) is 42.9. The van der Waals surface area contributed by atoms with Crippen molar-refractivity contribution in [2.24, 2.45) is 23.7 Å². The zero-order valence-corrected chi connectivity index (χ0v) is 34.8. The maximum absolute atomic E-state index is 14.4. The summed E-state index contributed by atoms with van der Waals surface area (Å²) in [7, 11) is 3.66. The number of ether oxygens (including phenoxy) is 4. The summed E-state index contributed by atoms with van der Waals surface area (Å²) in [5.74, 6) is -1.74. The molecular weight excluding hydrogens is 758 g/mol. The number of Topliss-reactive ketones (excluding diaryl/α,β-unsaturated/α-hetero) is 2. The molecule has 5 rings (SSSR count). The molecule has 2 aromatic rings. The van der Waals surface area contributed by atoms with Crippen molar-refractivity contribution in [2.75, 3.05) is 20.7 Å². The number of esters is 1. The van der Waals surface area contributed by atoms with Gasteiger partial charge >= 0.3 is 12.0 Å². The number of nitrogens with one attached hydrogen (secondary N) is 2. The van der Waals surface area contributed by atoms with Crippen LogP contribution in [0.2, 0.25) is 0 Å². The third-order valence-electron chi connectivity index (χ3n) is 12.0. The van der Waals surface area contributed by atoms with Crippen molar-refractivity contribution < 1.29 is 56.5 Å². The Morgan fingerprint density at radius 1 is 1.02 bits per heavy atom. The van der Waals surface area contributed by atoms with Crippen LogP contribution in [-0.2, 0) is 33.3 Å². The average Bonchev–Trinajstić information content (AvgIpc) is 3.78. The number of rotatable bonds is 7. The molecule has 0 aliphatic carbocycles. The van der Waals surface area contributed by atoms with Crippen molar-refractivity contribution in [3.63, 3.8) is 0 Å². The van der Waals surface area contributed by atoms with E-state index in [1.807, 2.05) is 25.9 Å². The molecule has 0 unspecified atom stereocenters. The van der Waals surface area contributed by atoms with Crippen LogP contribution < -0.4 is 10.6 Å². The van der Waals surface area contributed by atoms with Crippen LogP contribution in [0.4, 0.5) is 13.6 Å². The predicted octanol–water partition coefficient (Wildman–Crippen LogP) is 4.41. The molecule has 16 heteroatoms. The fourth-order valence-electron chi connectivity index (χ4n) is 8.72. The van der Waals surface area contributed by atoms with Crippen molar-refractivity contribution >= 4 is 23.6 Å². The molecule has 0 radical (unpaired) electrons. The Kier molecular flexibility index (Phi) is 13.9. The van der Waals surface area contributed by atoms with E-state index < -0.39 is 94.9 Å². The zero-order valence-electron chi connectivity index (χ0n) is 34.8. The molecule has 3 fully saturated rings. The van der Waals surface area contributed by atoms with E-state index in [0.717, 1.165) is 12.1 Å². The maximum atomic E-state index is 14.4. The van der Waals surface area contributed by atoms with E-state index in [1.54, 1.807) is 41.5 Å². The fraction of sp³-hybridized carbons (Fsp3) is 0.643. The molecular formula is C42H56F2N4O10. The summed E-state index contributed by atoms with van der Waals surface area (Å²) in [5, 5.41) is 21.2. The first-order valence-corrected chi connectivity index (χ1v) is 19.8. The normalized spacial score (nSPS) is 36.3. The van der Waals surface area contributed by atoms with E-state index in [9.17, 15) is 33.1 Å². The Morgan fingerprint density at radius 3 is 2.38 bits per heavy atom. The SMILES string of the molecule is CC[C@H]1OC(=O)[C@H](C)C(=O)[C@H](C)[C@@H](O[C@@H]2O[C@H](C)C[C@H](N(C)C)[C@H]2O)[C@](C)(OCC#Cc2cc(-c3ccc(F)c(F)c3)no2)C[C@@H](C)C(=O)[C@H](C)[C@H]2NC(=O)N[C@@]21C. The van der Waals surface area contributed by atoms with E-state index in [1.165, 1.54) is 19.1 Å². The Labute approximate surface area is 338 Å². The highest BCUT2D eigenvalue weighted by Gasteiger charge is 2.55. The number of nitrogens with zero attached hydrogens (tertiary/aromatic N) is 2. The van der Waals surface area contributed by atoms with Crippen LogP contribution in [0.5, 0.6) is 0 Å². The van der Waals surface area contributed by atoms with Gasteiger partial charge in [-0.25, -0.2) is 13.6 Å². The van der Waals surface area contributed by atoms with Gasteiger partial charge in [-0.2, -0.15) is 0 Å². The molecule has 3 aliphatic rings. The lowest BCUT2D eigenvalue weighted by atomic mass is 9.73. The highest BCUT2D eigenvalue weighted by molar-refractivity contribution is 6.00. The summed E-state index contributed by atoms with van der Waals surface area (Å²) in [6.07, 6.45) is -4.04. The van der Waals surface area contributed by atoms with Gasteiger partial charge in [0.15, 0.2) is 23.7 Å². The molecule has 3 N–H and O–H groups in total. The molecule has 58 heavy (non-hydrogen) atoms. The maximum Gasteiger partial charge on any atom is 0.316 e. The molecule has 3 saturated heterocycles. The molecule has 14 nitrogen and oxygen atoms in total. The number of hydrogen-bond donors (Lipinski definition) is 3. The van der Waals surface area contributed by atoms with Crippen molar-refractivity contribution in [1.29, 1.82) is 0 Å². The monoisotopic (exact) mass is 814 g/mol. The number of benzene rings is 1. The number of ketones is 2. The highest BCUT2D eigenvalue weighted by Crippen LogP contribution is 2.39. The molecule has 13 atom stereocenters. The van der Waals surface area contributed by atoms with E-state index in [0.29, 0.717) is 6.42 Å². The largest absolute Gasteiger partial charge is 0.459 e. The van der Waals surface area contributed by atoms with Crippen LogP contribution in [0.3, 0.4) is 0 Å². The number of cyclic esters (lactones) is 1. The number of fused-ring (bicyclic) bond motifs is 1. The van der Waals surface area contributed by atoms with Gasteiger partial charge in [-0.3, -0.25) is 14.4 Å². The summed E-state index contributed by atoms with van der Waals surface area (Å²) in [5.41, 5.74) is -2.19. The Hall–Kier alpha value is -4.27. The molecule has 2 amide bonds. The first-order valence-electron chi connectivity index (χ1n) is 19.8. The van der Waals surface area contributed by atoms with Gasteiger partial charge in [-0.1, -0.05) is 38.8 Å². The molecule has 0 bridgehead atoms. The van der Waals surface area contributed by atoms with Gasteiger partial charge in [0.25, 0.3) is 0 Å². The Bertz CT molecular complexity index is 1910. The van der Waals surface area contributed by atoms with Crippen LogP contribution >= 0.6 is 0 Å². The average molecular weight is 815 g/mol. The van der Waals surface area contributed by atoms with Crippen molar-refractivity contribution in [1.82, 2.24) is 20.7 Å². The first-order chi connectivity index (χ1) is 27.2. The van der Waals surface area contributed by atoms with Crippen molar-refractivity contribution in [2.45, 2.75) is 129 Å². The number of halogens is 2. The topological polar surface area (TPSA) is 179 Å². The second-order valence-corrected chi connectivity index (χ2v) is 16.6. The standard InChI is InChI=1S/C42H56F2N4O10/c1-11-32-42(8)36(45-40(53)46-42)23(4)33(49)21(2)20-41(7,54-16-12-13-27-19-30(47-58-27)26-14-15-28(43)29(44)18-26)37(24(5)34(50)25(6)38(52)56-32)57-39-35(51)31(48(9)10)17-22(3)55-39/h14-15,18-19,21-25,31-32,35-37,39,51H,11,16-17,20H2,1-10H3,(H2,45,46,53)/t21-,22-,23+,24+,25-,31+,32-,35-,36-,37-,39+,41-,42-/m1/s1. The summed E-state index contributed by atoms with van der Waals surface area (Å²) in [6, 6.07) is 3.12. The van der Waals surface area contributed by atoms with Crippen molar-refractivity contribution in [3.05, 3.63) is 41.7 Å². The van der Waals surface area contributed by atoms with E-state index in [4.69, 9.17) is 23.5 Å². The summed E-state index contributed by atoms with van der Waals surface area (Å²) >= 11 is 0. The number of carbonyl (C=O) groups excluding carboxylic acids is 4. The van der Waals surface area contributed by atoms with Gasteiger partial charge in [-0.15, -0.1) is 0 Å². The number of amides is 2. The van der Waals surface area contributed by atoms with Crippen LogP contribution in [0.25, 0.3) is 11.3 Å². The van der Waals surface area contributed by atoms with Gasteiger partial charge in [0.2, 0.25) is 5.76 Å². The number of aromatic nitrogens is 1. The number of urea groups is 1. The highest BCUT2D eigenvalue weighted by atomic mass is 19.2. The van der Waals surface area contributed by atoms with E-state index in [-0.39, 0.29) is 54.4 Å². The quantitative estimate of drug-likeness (QED) is 0.204. The molecule has 1 aromatic carbocycles. The van der Waals surface area contributed by atoms with Crippen molar-refractivity contribution in [3.8, 4) is 23.1 Å².